The van der Waals surface area contributed by atoms with Crippen molar-refractivity contribution in [1.29, 1.82) is 0 Å². The molecular formula is C24H26O9. The Morgan fingerprint density at radius 3 is 2.45 bits per heavy atom. The lowest BCUT2D eigenvalue weighted by molar-refractivity contribution is -0.184. The fraction of sp³-hybridized carbons (Fsp3) is 0.500. The van der Waals surface area contributed by atoms with Gasteiger partial charge in [0.25, 0.3) is 0 Å². The van der Waals surface area contributed by atoms with E-state index in [1.165, 1.54) is 13.2 Å². The maximum absolute atomic E-state index is 13.3. The number of ether oxygens (including phenoxy) is 4. The molecule has 9 heteroatoms. The molecule has 0 amide bonds. The van der Waals surface area contributed by atoms with Gasteiger partial charge in [0.1, 0.15) is 17.9 Å². The molecule has 0 N–H and O–H groups in total. The summed E-state index contributed by atoms with van der Waals surface area (Å²) in [6, 6.07) is 4.65. The van der Waals surface area contributed by atoms with Crippen LogP contribution in [0.5, 0.6) is 5.75 Å². The van der Waals surface area contributed by atoms with Crippen LogP contribution in [0.3, 0.4) is 0 Å². The summed E-state index contributed by atoms with van der Waals surface area (Å²) in [5, 5.41) is 0.630. The third kappa shape index (κ3) is 3.20. The molecule has 1 aromatic carbocycles. The quantitative estimate of drug-likeness (QED) is 0.366. The molecule has 1 saturated heterocycles. The summed E-state index contributed by atoms with van der Waals surface area (Å²) in [4.78, 5) is 49.4. The average molecular weight is 458 g/mol. The Morgan fingerprint density at radius 2 is 1.85 bits per heavy atom. The van der Waals surface area contributed by atoms with Gasteiger partial charge in [-0.1, -0.05) is 13.8 Å². The zero-order chi connectivity index (χ0) is 24.2. The van der Waals surface area contributed by atoms with Crippen molar-refractivity contribution >= 4 is 28.9 Å². The van der Waals surface area contributed by atoms with Gasteiger partial charge >= 0.3 is 23.5 Å². The van der Waals surface area contributed by atoms with Gasteiger partial charge in [0.2, 0.25) is 5.60 Å². The fourth-order valence-electron chi connectivity index (χ4n) is 4.85. The Balaban J connectivity index is 1.69. The van der Waals surface area contributed by atoms with Gasteiger partial charge in [0.15, 0.2) is 6.61 Å². The van der Waals surface area contributed by atoms with Crippen LogP contribution < -0.4 is 10.4 Å². The van der Waals surface area contributed by atoms with Gasteiger partial charge in [-0.15, -0.1) is 0 Å². The molecule has 2 fully saturated rings. The van der Waals surface area contributed by atoms with Gasteiger partial charge in [0.05, 0.1) is 18.1 Å². The predicted octanol–water partition coefficient (Wildman–Crippen LogP) is 2.82. The molecule has 1 aliphatic carbocycles. The molecule has 33 heavy (non-hydrogen) atoms. The average Bonchev–Trinajstić information content (AvgIpc) is 3.06. The summed E-state index contributed by atoms with van der Waals surface area (Å²) < 4.78 is 26.8. The number of esters is 3. The fourth-order valence-corrected chi connectivity index (χ4v) is 4.85. The molecular weight excluding hydrogens is 432 g/mol. The molecule has 4 rings (SSSR count). The van der Waals surface area contributed by atoms with E-state index >= 15 is 0 Å². The van der Waals surface area contributed by atoms with Gasteiger partial charge in [-0.05, 0) is 44.4 Å². The molecule has 1 saturated carbocycles. The highest BCUT2D eigenvalue weighted by Gasteiger charge is 2.76. The van der Waals surface area contributed by atoms with Crippen molar-refractivity contribution in [2.24, 2.45) is 10.8 Å². The van der Waals surface area contributed by atoms with E-state index in [0.29, 0.717) is 23.8 Å². The van der Waals surface area contributed by atoms with Crippen LogP contribution in [-0.2, 0) is 35.2 Å². The van der Waals surface area contributed by atoms with Crippen LogP contribution in [-0.4, -0.2) is 37.2 Å². The minimum absolute atomic E-state index is 0.187. The Kier molecular flexibility index (Phi) is 5.26. The topological polar surface area (TPSA) is 118 Å². The number of carbonyl (C=O) groups excluding carboxylic acids is 3. The first-order chi connectivity index (χ1) is 15.5. The maximum Gasteiger partial charge on any atom is 0.351 e. The van der Waals surface area contributed by atoms with Gasteiger partial charge in [-0.25, -0.2) is 14.4 Å². The van der Waals surface area contributed by atoms with Gasteiger partial charge in [0, 0.05) is 16.9 Å². The van der Waals surface area contributed by atoms with Crippen molar-refractivity contribution in [3.63, 3.8) is 0 Å². The van der Waals surface area contributed by atoms with E-state index in [-0.39, 0.29) is 30.1 Å². The number of benzene rings is 1. The minimum atomic E-state index is -1.40. The highest BCUT2D eigenvalue weighted by Crippen LogP contribution is 2.65. The van der Waals surface area contributed by atoms with E-state index in [0.717, 1.165) is 0 Å². The molecule has 0 unspecified atom stereocenters. The maximum atomic E-state index is 13.3. The number of rotatable bonds is 6. The van der Waals surface area contributed by atoms with Crippen molar-refractivity contribution in [1.82, 2.24) is 0 Å². The molecule has 2 aliphatic rings. The van der Waals surface area contributed by atoms with E-state index in [4.69, 9.17) is 18.6 Å². The largest absolute Gasteiger partial charge is 0.481 e. The normalized spacial score (nSPS) is 25.1. The first-order valence-electron chi connectivity index (χ1n) is 10.6. The lowest BCUT2D eigenvalue weighted by atomic mass is 9.66. The summed E-state index contributed by atoms with van der Waals surface area (Å²) in [6.07, 6.45) is 0.875. The number of hydrogen-bond donors (Lipinski definition) is 0. The van der Waals surface area contributed by atoms with E-state index < -0.39 is 40.0 Å². The summed E-state index contributed by atoms with van der Waals surface area (Å²) in [5.41, 5.74) is -2.37. The SMILES string of the molecule is COC(=O)COc1ccc2c(C)cc(=O)oc2c1COC(=O)[C@@]12CC[C@@](C)(C(=O)O1)C2(C)C. The Bertz CT molecular complexity index is 1220. The van der Waals surface area contributed by atoms with Crippen molar-refractivity contribution in [3.05, 3.63) is 39.7 Å². The molecule has 1 aliphatic heterocycles. The number of carbonyl (C=O) groups is 3. The minimum Gasteiger partial charge on any atom is -0.481 e. The molecule has 1 aromatic heterocycles. The van der Waals surface area contributed by atoms with Crippen molar-refractivity contribution in [2.45, 2.75) is 52.7 Å². The monoisotopic (exact) mass is 458 g/mol. The van der Waals surface area contributed by atoms with Gasteiger partial charge < -0.3 is 23.4 Å². The first-order valence-corrected chi connectivity index (χ1v) is 10.6. The van der Waals surface area contributed by atoms with Gasteiger partial charge in [-0.2, -0.15) is 0 Å². The summed E-state index contributed by atoms with van der Waals surface area (Å²) in [6.45, 7) is 6.52. The third-order valence-corrected chi connectivity index (χ3v) is 7.51. The van der Waals surface area contributed by atoms with E-state index in [1.54, 1.807) is 26.0 Å². The molecule has 2 atom stereocenters. The Morgan fingerprint density at radius 1 is 1.12 bits per heavy atom. The standard InChI is InChI=1S/C24H26O9/c1-13-10-17(25)32-19-14(13)6-7-16(30-12-18(26)29-5)15(19)11-31-21(28)24-9-8-23(4,20(27)33-24)22(24,2)3/h6-7,10H,8-9,11-12H2,1-5H3/t23-,24+/m0/s1. The molecule has 2 bridgehead atoms. The number of aryl methyl sites for hydroxylation is 1. The second kappa shape index (κ2) is 7.60. The highest BCUT2D eigenvalue weighted by molar-refractivity contribution is 5.94. The smallest absolute Gasteiger partial charge is 0.351 e. The Labute approximate surface area is 189 Å². The summed E-state index contributed by atoms with van der Waals surface area (Å²) >= 11 is 0. The lowest BCUT2D eigenvalue weighted by Gasteiger charge is -2.34. The molecule has 0 spiro atoms. The van der Waals surface area contributed by atoms with E-state index in [1.807, 2.05) is 13.8 Å². The zero-order valence-corrected chi connectivity index (χ0v) is 19.2. The lowest BCUT2D eigenvalue weighted by Crippen LogP contribution is -2.48. The van der Waals surface area contributed by atoms with E-state index in [2.05, 4.69) is 4.74 Å². The van der Waals surface area contributed by atoms with E-state index in [9.17, 15) is 19.2 Å². The molecule has 0 radical (unpaired) electrons. The van der Waals surface area contributed by atoms with Gasteiger partial charge in [-0.3, -0.25) is 4.79 Å². The molecule has 2 heterocycles. The van der Waals surface area contributed by atoms with Crippen molar-refractivity contribution in [2.75, 3.05) is 13.7 Å². The van der Waals surface area contributed by atoms with Crippen molar-refractivity contribution < 1.29 is 37.7 Å². The Hall–Kier alpha value is -3.36. The van der Waals surface area contributed by atoms with Crippen LogP contribution in [0, 0.1) is 17.8 Å². The molecule has 9 nitrogen and oxygen atoms in total. The third-order valence-electron chi connectivity index (χ3n) is 7.51. The van der Waals surface area contributed by atoms with Crippen molar-refractivity contribution in [3.8, 4) is 5.75 Å². The van der Waals surface area contributed by atoms with Crippen LogP contribution >= 0.6 is 0 Å². The van der Waals surface area contributed by atoms with Crippen LogP contribution in [0.2, 0.25) is 0 Å². The number of methoxy groups -OCH3 is 1. The second-order valence-corrected chi connectivity index (χ2v) is 9.28. The summed E-state index contributed by atoms with van der Waals surface area (Å²) in [5.74, 6) is -1.49. The first kappa shape index (κ1) is 22.8. The predicted molar refractivity (Wildman–Crippen MR) is 114 cm³/mol. The number of fused-ring (bicyclic) bond motifs is 3. The van der Waals surface area contributed by atoms with Crippen LogP contribution in [0.1, 0.15) is 44.7 Å². The second-order valence-electron chi connectivity index (χ2n) is 9.28. The highest BCUT2D eigenvalue weighted by atomic mass is 16.6. The van der Waals surface area contributed by atoms with Crippen LogP contribution in [0.15, 0.2) is 27.4 Å². The zero-order valence-electron chi connectivity index (χ0n) is 19.2. The van der Waals surface area contributed by atoms with Crippen LogP contribution in [0.25, 0.3) is 11.0 Å². The molecule has 2 aromatic rings. The number of hydrogen-bond acceptors (Lipinski definition) is 9. The van der Waals surface area contributed by atoms with Crippen LogP contribution in [0.4, 0.5) is 0 Å². The molecule has 176 valence electrons. The summed E-state index contributed by atoms with van der Waals surface area (Å²) in [7, 11) is 1.23.